The number of nitrogens with zero attached hydrogens (tertiary/aromatic N) is 5. The van der Waals surface area contributed by atoms with Crippen molar-refractivity contribution in [3.63, 3.8) is 0 Å². The van der Waals surface area contributed by atoms with Crippen molar-refractivity contribution in [2.75, 3.05) is 25.1 Å². The maximum absolute atomic E-state index is 6.04. The molecule has 0 unspecified atom stereocenters. The first-order valence-corrected chi connectivity index (χ1v) is 8.01. The Balaban J connectivity index is 2.12. The first-order chi connectivity index (χ1) is 11.4. The maximum atomic E-state index is 6.04. The van der Waals surface area contributed by atoms with E-state index in [4.69, 9.17) is 28.9 Å². The predicted octanol–water partition coefficient (Wildman–Crippen LogP) is 3.38. The van der Waals surface area contributed by atoms with Crippen LogP contribution in [0.4, 0.5) is 17.2 Å². The lowest BCUT2D eigenvalue weighted by atomic mass is 10.1. The lowest BCUT2D eigenvalue weighted by Gasteiger charge is -2.23. The third-order valence-electron chi connectivity index (χ3n) is 3.81. The van der Waals surface area contributed by atoms with E-state index < -0.39 is 0 Å². The van der Waals surface area contributed by atoms with Gasteiger partial charge in [0.05, 0.1) is 40.5 Å². The number of nitrogens with two attached hydrogens (primary N) is 1. The molecule has 0 radical (unpaired) electrons. The Morgan fingerprint density at radius 3 is 2.62 bits per heavy atom. The van der Waals surface area contributed by atoms with Crippen LogP contribution in [0.2, 0.25) is 10.2 Å². The summed E-state index contributed by atoms with van der Waals surface area (Å²) in [6, 6.07) is 3.50. The summed E-state index contributed by atoms with van der Waals surface area (Å²) >= 11 is 12.1. The molecule has 0 saturated heterocycles. The van der Waals surface area contributed by atoms with Crippen molar-refractivity contribution in [2.45, 2.75) is 13.0 Å². The van der Waals surface area contributed by atoms with Gasteiger partial charge in [-0.3, -0.25) is 0 Å². The molecule has 3 heterocycles. The molecule has 3 aromatic rings. The third-order valence-corrected chi connectivity index (χ3v) is 4.30. The molecule has 9 heteroatoms. The summed E-state index contributed by atoms with van der Waals surface area (Å²) in [4.78, 5) is 10.5. The molecule has 0 saturated carbocycles. The van der Waals surface area contributed by atoms with Crippen LogP contribution < -0.4 is 11.1 Å². The highest BCUT2D eigenvalue weighted by atomic mass is 35.5. The molecule has 0 bridgehead atoms. The topological polar surface area (TPSA) is 84.4 Å². The van der Waals surface area contributed by atoms with E-state index in [9.17, 15) is 0 Å². The fourth-order valence-corrected chi connectivity index (χ4v) is 2.68. The van der Waals surface area contributed by atoms with Gasteiger partial charge in [0.1, 0.15) is 5.82 Å². The number of fused-ring (bicyclic) bond motifs is 1. The second-order valence-corrected chi connectivity index (χ2v) is 6.44. The number of hydrogen-bond acceptors (Lipinski definition) is 6. The Morgan fingerprint density at radius 1 is 1.21 bits per heavy atom. The molecule has 0 aliphatic heterocycles. The molecule has 0 fully saturated rings. The lowest BCUT2D eigenvalue weighted by molar-refractivity contribution is 0.312. The van der Waals surface area contributed by atoms with Gasteiger partial charge in [0.25, 0.3) is 0 Å². The molecule has 3 rings (SSSR count). The normalized spacial score (nSPS) is 12.8. The van der Waals surface area contributed by atoms with Gasteiger partial charge in [-0.1, -0.05) is 23.2 Å². The Kier molecular flexibility index (Phi) is 4.49. The van der Waals surface area contributed by atoms with Gasteiger partial charge in [0.2, 0.25) is 0 Å². The largest absolute Gasteiger partial charge is 0.382 e. The number of rotatable bonds is 4. The average molecular weight is 366 g/mol. The minimum atomic E-state index is 0.0613. The summed E-state index contributed by atoms with van der Waals surface area (Å²) in [6.07, 6.45) is 3.36. The van der Waals surface area contributed by atoms with Crippen LogP contribution in [0.25, 0.3) is 5.65 Å². The Morgan fingerprint density at radius 2 is 1.96 bits per heavy atom. The number of anilines is 3. The monoisotopic (exact) mass is 365 g/mol. The molecule has 0 aromatic carbocycles. The summed E-state index contributed by atoms with van der Waals surface area (Å²) in [5, 5.41) is 8.40. The van der Waals surface area contributed by atoms with E-state index in [2.05, 4.69) is 32.2 Å². The van der Waals surface area contributed by atoms with Crippen LogP contribution in [-0.4, -0.2) is 38.6 Å². The van der Waals surface area contributed by atoms with Gasteiger partial charge in [0, 0.05) is 6.07 Å². The average Bonchev–Trinajstić information content (AvgIpc) is 2.90. The highest BCUT2D eigenvalue weighted by Crippen LogP contribution is 2.30. The van der Waals surface area contributed by atoms with Crippen LogP contribution in [0.5, 0.6) is 0 Å². The van der Waals surface area contributed by atoms with Crippen molar-refractivity contribution in [3.05, 3.63) is 40.4 Å². The van der Waals surface area contributed by atoms with Gasteiger partial charge in [-0.2, -0.15) is 5.10 Å². The summed E-state index contributed by atoms with van der Waals surface area (Å²) in [5.41, 5.74) is 8.76. The van der Waals surface area contributed by atoms with Crippen LogP contribution in [-0.2, 0) is 0 Å². The van der Waals surface area contributed by atoms with Crippen LogP contribution in [0.15, 0.2) is 24.5 Å². The second-order valence-electron chi connectivity index (χ2n) is 5.65. The molecule has 3 aromatic heterocycles. The van der Waals surface area contributed by atoms with Crippen molar-refractivity contribution in [3.8, 4) is 0 Å². The van der Waals surface area contributed by atoms with Crippen LogP contribution in [0.3, 0.4) is 0 Å². The smallest absolute Gasteiger partial charge is 0.157 e. The number of nitrogen functional groups attached to an aromatic ring is 1. The summed E-state index contributed by atoms with van der Waals surface area (Å²) in [5.74, 6) is 0.288. The number of halogens is 2. The van der Waals surface area contributed by atoms with E-state index in [1.54, 1.807) is 29.0 Å². The standard InChI is InChI=1S/C15H17Cl2N7/c1-8(23(2)3)14-11(7-19-13-5-12(17)22-24(13)14)21-9-4-10(16)15(18)20-6-9/h4-8,21H,1-3H3,(H2,18,20)/t8-/m1/s1. The molecule has 7 nitrogen and oxygen atoms in total. The minimum absolute atomic E-state index is 0.0613. The van der Waals surface area contributed by atoms with E-state index in [1.807, 2.05) is 14.1 Å². The van der Waals surface area contributed by atoms with Crippen molar-refractivity contribution in [2.24, 2.45) is 0 Å². The molecule has 24 heavy (non-hydrogen) atoms. The number of hydrogen-bond donors (Lipinski definition) is 2. The minimum Gasteiger partial charge on any atom is -0.382 e. The Hall–Kier alpha value is -2.09. The Labute approximate surface area is 149 Å². The zero-order valence-corrected chi connectivity index (χ0v) is 15.0. The van der Waals surface area contributed by atoms with E-state index in [-0.39, 0.29) is 11.9 Å². The van der Waals surface area contributed by atoms with Crippen molar-refractivity contribution in [1.82, 2.24) is 24.5 Å². The number of aromatic nitrogens is 4. The molecular weight excluding hydrogens is 349 g/mol. The van der Waals surface area contributed by atoms with Crippen LogP contribution in [0, 0.1) is 0 Å². The first-order valence-electron chi connectivity index (χ1n) is 7.25. The van der Waals surface area contributed by atoms with E-state index in [0.717, 1.165) is 11.4 Å². The van der Waals surface area contributed by atoms with Crippen LogP contribution in [0.1, 0.15) is 18.7 Å². The number of nitrogens with one attached hydrogen (secondary N) is 1. The van der Waals surface area contributed by atoms with Gasteiger partial charge >= 0.3 is 0 Å². The first kappa shape index (κ1) is 16.8. The fourth-order valence-electron chi connectivity index (χ4n) is 2.34. The van der Waals surface area contributed by atoms with Gasteiger partial charge in [-0.05, 0) is 27.1 Å². The van der Waals surface area contributed by atoms with Gasteiger partial charge in [-0.15, -0.1) is 0 Å². The van der Waals surface area contributed by atoms with Crippen molar-refractivity contribution < 1.29 is 0 Å². The van der Waals surface area contributed by atoms with Crippen LogP contribution >= 0.6 is 23.2 Å². The fraction of sp³-hybridized carbons (Fsp3) is 0.267. The summed E-state index contributed by atoms with van der Waals surface area (Å²) in [7, 11) is 3.99. The highest BCUT2D eigenvalue weighted by Gasteiger charge is 2.19. The zero-order chi connectivity index (χ0) is 17.4. The SMILES string of the molecule is C[C@H](c1c(Nc2cnc(N)c(Cl)c2)cnc2cc(Cl)nn12)N(C)C. The molecule has 126 valence electrons. The number of pyridine rings is 1. The Bertz CT molecular complexity index is 891. The molecular formula is C15H17Cl2N7. The van der Waals surface area contributed by atoms with E-state index in [0.29, 0.717) is 21.5 Å². The molecule has 0 aliphatic carbocycles. The molecule has 3 N–H and O–H groups in total. The molecule has 0 amide bonds. The molecule has 1 atom stereocenters. The maximum Gasteiger partial charge on any atom is 0.157 e. The molecule has 0 spiro atoms. The predicted molar refractivity (Wildman–Crippen MR) is 97.0 cm³/mol. The van der Waals surface area contributed by atoms with Gasteiger partial charge in [-0.25, -0.2) is 14.5 Å². The second kappa shape index (κ2) is 6.43. The summed E-state index contributed by atoms with van der Waals surface area (Å²) in [6.45, 7) is 2.07. The molecule has 0 aliphatic rings. The zero-order valence-electron chi connectivity index (χ0n) is 13.5. The van der Waals surface area contributed by atoms with Gasteiger partial charge in [0.15, 0.2) is 10.8 Å². The summed E-state index contributed by atoms with van der Waals surface area (Å²) < 4.78 is 1.74. The van der Waals surface area contributed by atoms with E-state index >= 15 is 0 Å². The van der Waals surface area contributed by atoms with Crippen molar-refractivity contribution in [1.29, 1.82) is 0 Å². The lowest BCUT2D eigenvalue weighted by Crippen LogP contribution is -2.21. The highest BCUT2D eigenvalue weighted by molar-refractivity contribution is 6.33. The quantitative estimate of drug-likeness (QED) is 0.737. The third kappa shape index (κ3) is 3.10. The van der Waals surface area contributed by atoms with Crippen molar-refractivity contribution >= 4 is 46.0 Å². The van der Waals surface area contributed by atoms with Gasteiger partial charge < -0.3 is 16.0 Å². The van der Waals surface area contributed by atoms with E-state index in [1.165, 1.54) is 0 Å².